The number of nitrogens with two attached hydrogens (primary N) is 1. The number of pyridine rings is 2. The van der Waals surface area contributed by atoms with Crippen molar-refractivity contribution in [2.24, 2.45) is 11.8 Å². The lowest BCUT2D eigenvalue weighted by Gasteiger charge is -2.34. The molecule has 0 spiro atoms. The molecule has 3 aromatic rings. The average Bonchev–Trinajstić information content (AvgIpc) is 3.38. The zero-order valence-corrected chi connectivity index (χ0v) is 20.1. The van der Waals surface area contributed by atoms with Crippen LogP contribution in [0.2, 0.25) is 0 Å². The number of aromatic nitrogens is 2. The summed E-state index contributed by atoms with van der Waals surface area (Å²) < 4.78 is 11.6. The lowest BCUT2D eigenvalue weighted by atomic mass is 9.83. The van der Waals surface area contributed by atoms with Gasteiger partial charge in [0.1, 0.15) is 24.1 Å². The quantitative estimate of drug-likeness (QED) is 0.288. The highest BCUT2D eigenvalue weighted by Gasteiger charge is 2.36. The van der Waals surface area contributed by atoms with Crippen LogP contribution in [0.3, 0.4) is 0 Å². The summed E-state index contributed by atoms with van der Waals surface area (Å²) in [5.74, 6) is 6.50. The van der Waals surface area contributed by atoms with Crippen LogP contribution >= 0.6 is 0 Å². The van der Waals surface area contributed by atoms with Gasteiger partial charge in [0.25, 0.3) is 0 Å². The first-order chi connectivity index (χ1) is 17.0. The molecular formula is C26H31N5O4. The highest BCUT2D eigenvalue weighted by Crippen LogP contribution is 2.30. The molecule has 9 heteroatoms. The Labute approximate surface area is 204 Å². The second-order valence-corrected chi connectivity index (χ2v) is 8.81. The minimum atomic E-state index is -0.736. The number of carbonyl (C=O) groups excluding carboxylic acids is 2. The van der Waals surface area contributed by atoms with Crippen molar-refractivity contribution in [2.75, 3.05) is 7.05 Å². The molecule has 9 nitrogen and oxygen atoms in total. The number of nitrogens with zero attached hydrogens (tertiary/aromatic N) is 3. The fraction of sp³-hybridized carbons (Fsp3) is 0.385. The molecule has 35 heavy (non-hydrogen) atoms. The molecular weight excluding hydrogens is 446 g/mol. The van der Waals surface area contributed by atoms with Crippen LogP contribution in [0, 0.1) is 12.8 Å². The van der Waals surface area contributed by atoms with Crippen LogP contribution in [0.15, 0.2) is 53.2 Å². The third-order valence-corrected chi connectivity index (χ3v) is 6.32. The van der Waals surface area contributed by atoms with Crippen molar-refractivity contribution >= 4 is 11.8 Å². The standard InChI is InChI=1S/C26H31N5O4/c1-17-14-18(12-13-29-17)16-34-20-8-9-21(30-15-20)22-10-11-23(35-22)26(33)31(27)24(25(32)28-2)19-6-4-3-5-7-19/h8-15,19,24H,3-7,16,27H2,1-2H3,(H,28,32)/t24-/m0/s1. The van der Waals surface area contributed by atoms with E-state index >= 15 is 0 Å². The van der Waals surface area contributed by atoms with Crippen LogP contribution in [0.1, 0.15) is 53.9 Å². The molecule has 3 heterocycles. The van der Waals surface area contributed by atoms with Crippen LogP contribution in [0.25, 0.3) is 11.5 Å². The molecule has 0 saturated heterocycles. The van der Waals surface area contributed by atoms with Gasteiger partial charge in [-0.3, -0.25) is 19.6 Å². The summed E-state index contributed by atoms with van der Waals surface area (Å²) in [6.07, 6.45) is 8.27. The maximum absolute atomic E-state index is 13.1. The highest BCUT2D eigenvalue weighted by atomic mass is 16.5. The summed E-state index contributed by atoms with van der Waals surface area (Å²) in [4.78, 5) is 34.2. The molecule has 184 valence electrons. The zero-order valence-electron chi connectivity index (χ0n) is 20.1. The second kappa shape index (κ2) is 11.1. The Bertz CT molecular complexity index is 1150. The van der Waals surface area contributed by atoms with Crippen LogP contribution in [-0.4, -0.2) is 39.9 Å². The Hall–Kier alpha value is -3.72. The molecule has 0 aromatic carbocycles. The smallest absolute Gasteiger partial charge is 0.304 e. The van der Waals surface area contributed by atoms with Crippen LogP contribution in [-0.2, 0) is 11.4 Å². The topological polar surface area (TPSA) is 124 Å². The molecule has 1 saturated carbocycles. The number of aryl methyl sites for hydroxylation is 1. The first kappa shape index (κ1) is 24.4. The Morgan fingerprint density at radius 3 is 2.66 bits per heavy atom. The summed E-state index contributed by atoms with van der Waals surface area (Å²) in [6.45, 7) is 2.34. The van der Waals surface area contributed by atoms with E-state index in [-0.39, 0.29) is 17.6 Å². The van der Waals surface area contributed by atoms with Crippen LogP contribution in [0.5, 0.6) is 5.75 Å². The van der Waals surface area contributed by atoms with Gasteiger partial charge in [-0.05, 0) is 67.6 Å². The van der Waals surface area contributed by atoms with Crippen molar-refractivity contribution < 1.29 is 18.7 Å². The predicted octanol–water partition coefficient (Wildman–Crippen LogP) is 3.63. The number of carbonyl (C=O) groups is 2. The van der Waals surface area contributed by atoms with E-state index in [0.717, 1.165) is 48.4 Å². The number of amides is 2. The number of hydrazine groups is 1. The second-order valence-electron chi connectivity index (χ2n) is 8.81. The van der Waals surface area contributed by atoms with Crippen LogP contribution in [0.4, 0.5) is 0 Å². The normalized spacial score (nSPS) is 14.8. The van der Waals surface area contributed by atoms with Gasteiger partial charge >= 0.3 is 5.91 Å². The number of hydrogen-bond donors (Lipinski definition) is 2. The first-order valence-corrected chi connectivity index (χ1v) is 11.9. The maximum Gasteiger partial charge on any atom is 0.304 e. The Morgan fingerprint density at radius 1 is 1.17 bits per heavy atom. The molecule has 1 atom stereocenters. The van der Waals surface area contributed by atoms with Gasteiger partial charge in [-0.1, -0.05) is 19.3 Å². The number of rotatable bonds is 8. The molecule has 1 fully saturated rings. The molecule has 0 unspecified atom stereocenters. The van der Waals surface area contributed by atoms with E-state index in [9.17, 15) is 9.59 Å². The number of ether oxygens (including phenoxy) is 1. The zero-order chi connectivity index (χ0) is 24.8. The van der Waals surface area contributed by atoms with E-state index in [1.807, 2.05) is 19.1 Å². The number of likely N-dealkylation sites (N-methyl/N-ethyl adjacent to an activating group) is 1. The molecule has 0 radical (unpaired) electrons. The van der Waals surface area contributed by atoms with Gasteiger partial charge in [0.15, 0.2) is 11.5 Å². The van der Waals surface area contributed by atoms with Gasteiger partial charge in [0, 0.05) is 18.9 Å². The first-order valence-electron chi connectivity index (χ1n) is 11.9. The van der Waals surface area contributed by atoms with Crippen molar-refractivity contribution in [1.82, 2.24) is 20.3 Å². The predicted molar refractivity (Wildman–Crippen MR) is 130 cm³/mol. The van der Waals surface area contributed by atoms with Crippen molar-refractivity contribution in [3.8, 4) is 17.2 Å². The van der Waals surface area contributed by atoms with E-state index in [2.05, 4.69) is 15.3 Å². The Morgan fingerprint density at radius 2 is 1.97 bits per heavy atom. The largest absolute Gasteiger partial charge is 0.487 e. The molecule has 4 rings (SSSR count). The SMILES string of the molecule is CNC(=O)[C@H](C1CCCCC1)N(N)C(=O)c1ccc(-c2ccc(OCc3ccnc(C)c3)cn2)o1. The van der Waals surface area contributed by atoms with E-state index < -0.39 is 11.9 Å². The summed E-state index contributed by atoms with van der Waals surface area (Å²) in [7, 11) is 1.55. The Balaban J connectivity index is 1.42. The van der Waals surface area contributed by atoms with Gasteiger partial charge < -0.3 is 14.5 Å². The summed E-state index contributed by atoms with van der Waals surface area (Å²) in [6, 6.07) is 9.90. The van der Waals surface area contributed by atoms with Gasteiger partial charge in [0.2, 0.25) is 5.91 Å². The van der Waals surface area contributed by atoms with Gasteiger partial charge in [0.05, 0.1) is 6.20 Å². The van der Waals surface area contributed by atoms with Crippen molar-refractivity contribution in [3.05, 3.63) is 65.8 Å². The molecule has 3 N–H and O–H groups in total. The summed E-state index contributed by atoms with van der Waals surface area (Å²) in [5.41, 5.74) is 2.50. The lowest BCUT2D eigenvalue weighted by Crippen LogP contribution is -2.56. The monoisotopic (exact) mass is 477 g/mol. The fourth-order valence-corrected chi connectivity index (χ4v) is 4.48. The van der Waals surface area contributed by atoms with E-state index in [0.29, 0.717) is 23.8 Å². The summed E-state index contributed by atoms with van der Waals surface area (Å²) >= 11 is 0. The highest BCUT2D eigenvalue weighted by molar-refractivity contribution is 5.95. The number of hydrogen-bond acceptors (Lipinski definition) is 7. The van der Waals surface area contributed by atoms with Gasteiger partial charge in [-0.25, -0.2) is 10.8 Å². The fourth-order valence-electron chi connectivity index (χ4n) is 4.48. The third-order valence-electron chi connectivity index (χ3n) is 6.32. The van der Waals surface area contributed by atoms with E-state index in [1.165, 1.54) is 0 Å². The van der Waals surface area contributed by atoms with Gasteiger partial charge in [-0.15, -0.1) is 0 Å². The molecule has 0 bridgehead atoms. The van der Waals surface area contributed by atoms with E-state index in [1.54, 1.807) is 43.7 Å². The summed E-state index contributed by atoms with van der Waals surface area (Å²) in [5, 5.41) is 3.66. The van der Waals surface area contributed by atoms with Crippen molar-refractivity contribution in [1.29, 1.82) is 0 Å². The minimum Gasteiger partial charge on any atom is -0.487 e. The Kier molecular flexibility index (Phi) is 7.77. The number of nitrogens with one attached hydrogen (secondary N) is 1. The molecule has 1 aliphatic rings. The molecule has 1 aliphatic carbocycles. The van der Waals surface area contributed by atoms with Crippen molar-refractivity contribution in [2.45, 2.75) is 51.7 Å². The lowest BCUT2D eigenvalue weighted by molar-refractivity contribution is -0.127. The molecule has 3 aromatic heterocycles. The molecule has 0 aliphatic heterocycles. The van der Waals surface area contributed by atoms with Crippen molar-refractivity contribution in [3.63, 3.8) is 0 Å². The molecule has 2 amide bonds. The maximum atomic E-state index is 13.1. The van der Waals surface area contributed by atoms with Crippen LogP contribution < -0.4 is 15.9 Å². The van der Waals surface area contributed by atoms with E-state index in [4.69, 9.17) is 15.0 Å². The average molecular weight is 478 g/mol. The number of furan rings is 1. The minimum absolute atomic E-state index is 0.0253. The van der Waals surface area contributed by atoms with Gasteiger partial charge in [-0.2, -0.15) is 0 Å². The third kappa shape index (κ3) is 5.86.